The zero-order chi connectivity index (χ0) is 37.6. The van der Waals surface area contributed by atoms with Crippen LogP contribution in [0.15, 0.2) is 192 Å². The van der Waals surface area contributed by atoms with E-state index in [1.807, 2.05) is 78.9 Å². The molecule has 0 aliphatic rings. The number of benzene rings is 9. The Morgan fingerprint density at radius 1 is 0.339 bits per heavy atom. The van der Waals surface area contributed by atoms with Gasteiger partial charge in [-0.1, -0.05) is 121 Å². The Bertz CT molecular complexity index is 3060. The second-order valence-corrected chi connectivity index (χ2v) is 13.9. The molecule has 260 valence electrons. The number of fused-ring (bicyclic) bond motifs is 5. The molecule has 0 amide bonds. The van der Waals surface area contributed by atoms with Gasteiger partial charge in [0.05, 0.1) is 23.3 Å². The first-order valence-electron chi connectivity index (χ1n) is 18.5. The lowest BCUT2D eigenvalue weighted by atomic mass is 9.95. The van der Waals surface area contributed by atoms with E-state index in [0.717, 1.165) is 93.9 Å². The van der Waals surface area contributed by atoms with Crippen molar-refractivity contribution in [3.05, 3.63) is 199 Å². The van der Waals surface area contributed by atoms with Crippen LogP contribution in [0.5, 0.6) is 0 Å². The van der Waals surface area contributed by atoms with Crippen molar-refractivity contribution in [2.45, 2.75) is 0 Å². The lowest BCUT2D eigenvalue weighted by Crippen LogP contribution is -2.09. The molecule has 0 saturated heterocycles. The largest absolute Gasteiger partial charge is 0.456 e. The zero-order valence-electron chi connectivity index (χ0n) is 30.1. The molecule has 4 heteroatoms. The molecule has 0 unspecified atom stereocenters. The molecule has 56 heavy (non-hydrogen) atoms. The Morgan fingerprint density at radius 3 is 1.25 bits per heavy atom. The predicted molar refractivity (Wildman–Crippen MR) is 229 cm³/mol. The molecule has 0 spiro atoms. The van der Waals surface area contributed by atoms with Crippen molar-refractivity contribution in [3.8, 4) is 45.5 Å². The van der Waals surface area contributed by atoms with E-state index >= 15 is 0 Å². The lowest BCUT2D eigenvalue weighted by Gasteiger charge is -2.26. The van der Waals surface area contributed by atoms with Crippen LogP contribution in [-0.4, -0.2) is 0 Å². The van der Waals surface area contributed by atoms with Gasteiger partial charge in [-0.3, -0.25) is 0 Å². The van der Waals surface area contributed by atoms with E-state index < -0.39 is 0 Å². The van der Waals surface area contributed by atoms with Crippen LogP contribution in [0.1, 0.15) is 11.1 Å². The van der Waals surface area contributed by atoms with E-state index in [9.17, 15) is 10.5 Å². The number of anilines is 3. The zero-order valence-corrected chi connectivity index (χ0v) is 30.1. The van der Waals surface area contributed by atoms with Crippen molar-refractivity contribution in [1.29, 1.82) is 10.5 Å². The Kier molecular flexibility index (Phi) is 7.88. The second kappa shape index (κ2) is 13.5. The number of hydrogen-bond acceptors (Lipinski definition) is 4. The molecule has 0 atom stereocenters. The molecule has 1 heterocycles. The average Bonchev–Trinajstić information content (AvgIpc) is 3.64. The van der Waals surface area contributed by atoms with E-state index in [0.29, 0.717) is 11.1 Å². The minimum atomic E-state index is 0.672. The normalized spacial score (nSPS) is 11.2. The Hall–Kier alpha value is -7.92. The second-order valence-electron chi connectivity index (χ2n) is 13.9. The molecule has 4 nitrogen and oxygen atoms in total. The van der Waals surface area contributed by atoms with Crippen LogP contribution in [-0.2, 0) is 0 Å². The molecule has 0 bridgehead atoms. The van der Waals surface area contributed by atoms with Gasteiger partial charge < -0.3 is 9.32 Å². The van der Waals surface area contributed by atoms with Crippen LogP contribution >= 0.6 is 0 Å². The standard InChI is InChI=1S/C52H31N3O/c53-32-38-19-28-45(47-9-3-1-7-43(38)47)35-15-24-41(25-16-35)55(42-26-17-36(18-27-42)46-29-20-39(33-54)44-8-2-4-10-48(44)46)40-22-13-34(14-23-40)37-21-30-52-50(31-37)49-11-5-6-12-51(49)56-52/h1-31H. The van der Waals surface area contributed by atoms with Gasteiger partial charge in [0, 0.05) is 38.6 Å². The van der Waals surface area contributed by atoms with Crippen LogP contribution in [0.3, 0.4) is 0 Å². The van der Waals surface area contributed by atoms with Crippen molar-refractivity contribution in [1.82, 2.24) is 0 Å². The quantitative estimate of drug-likeness (QED) is 0.172. The first-order valence-corrected chi connectivity index (χ1v) is 18.5. The minimum Gasteiger partial charge on any atom is -0.456 e. The van der Waals surface area contributed by atoms with Crippen LogP contribution in [0, 0.1) is 22.7 Å². The summed E-state index contributed by atoms with van der Waals surface area (Å²) in [5.41, 5.74) is 12.7. The summed E-state index contributed by atoms with van der Waals surface area (Å²) in [7, 11) is 0. The van der Waals surface area contributed by atoms with Crippen LogP contribution in [0.4, 0.5) is 17.1 Å². The summed E-state index contributed by atoms with van der Waals surface area (Å²) >= 11 is 0. The SMILES string of the molecule is N#Cc1ccc(-c2ccc(N(c3ccc(-c4ccc5oc6ccccc6c5c4)cc3)c3ccc(-c4ccc(C#N)c5ccccc45)cc3)cc2)c2ccccc12. The fourth-order valence-electron chi connectivity index (χ4n) is 8.03. The van der Waals surface area contributed by atoms with Gasteiger partial charge in [0.1, 0.15) is 11.2 Å². The van der Waals surface area contributed by atoms with Crippen LogP contribution in [0.25, 0.3) is 76.9 Å². The summed E-state index contributed by atoms with van der Waals surface area (Å²) in [6.45, 7) is 0. The molecule has 0 radical (unpaired) electrons. The maximum atomic E-state index is 9.74. The molecule has 9 aromatic carbocycles. The highest BCUT2D eigenvalue weighted by Crippen LogP contribution is 2.40. The van der Waals surface area contributed by atoms with Gasteiger partial charge in [-0.25, -0.2) is 0 Å². The van der Waals surface area contributed by atoms with Gasteiger partial charge >= 0.3 is 0 Å². The monoisotopic (exact) mass is 713 g/mol. The van der Waals surface area contributed by atoms with Gasteiger partial charge in [-0.05, 0) is 111 Å². The van der Waals surface area contributed by atoms with E-state index in [-0.39, 0.29) is 0 Å². The summed E-state index contributed by atoms with van der Waals surface area (Å²) in [6.07, 6.45) is 0. The molecule has 1 aromatic heterocycles. The van der Waals surface area contributed by atoms with Gasteiger partial charge in [-0.15, -0.1) is 0 Å². The first-order chi connectivity index (χ1) is 27.7. The molecule has 10 aromatic rings. The van der Waals surface area contributed by atoms with E-state index in [2.05, 4.69) is 126 Å². The maximum Gasteiger partial charge on any atom is 0.135 e. The average molecular weight is 714 g/mol. The third-order valence-corrected chi connectivity index (χ3v) is 10.8. The highest BCUT2D eigenvalue weighted by Gasteiger charge is 2.16. The lowest BCUT2D eigenvalue weighted by molar-refractivity contribution is 0.669. The predicted octanol–water partition coefficient (Wildman–Crippen LogP) is 14.1. The molecule has 0 saturated carbocycles. The highest BCUT2D eigenvalue weighted by molar-refractivity contribution is 6.06. The van der Waals surface area contributed by atoms with Gasteiger partial charge in [0.2, 0.25) is 0 Å². The maximum absolute atomic E-state index is 9.74. The Labute approximate surface area is 324 Å². The van der Waals surface area contributed by atoms with Crippen LogP contribution < -0.4 is 4.90 Å². The summed E-state index contributed by atoms with van der Waals surface area (Å²) in [5.74, 6) is 0. The summed E-state index contributed by atoms with van der Waals surface area (Å²) in [5, 5.41) is 25.7. The molecule has 0 aliphatic heterocycles. The Morgan fingerprint density at radius 2 is 0.750 bits per heavy atom. The van der Waals surface area contributed by atoms with Crippen LogP contribution in [0.2, 0.25) is 0 Å². The number of furan rings is 1. The fraction of sp³-hybridized carbons (Fsp3) is 0. The Balaban J connectivity index is 1.05. The van der Waals surface area contributed by atoms with E-state index in [1.54, 1.807) is 0 Å². The number of nitriles is 2. The third kappa shape index (κ3) is 5.53. The molecule has 0 N–H and O–H groups in total. The summed E-state index contributed by atoms with van der Waals surface area (Å²) < 4.78 is 6.10. The third-order valence-electron chi connectivity index (χ3n) is 10.8. The van der Waals surface area contributed by atoms with Gasteiger partial charge in [0.25, 0.3) is 0 Å². The van der Waals surface area contributed by atoms with Crippen molar-refractivity contribution in [2.24, 2.45) is 0 Å². The smallest absolute Gasteiger partial charge is 0.135 e. The molecule has 0 fully saturated rings. The van der Waals surface area contributed by atoms with E-state index in [1.165, 1.54) is 0 Å². The molecular weight excluding hydrogens is 683 g/mol. The van der Waals surface area contributed by atoms with Gasteiger partial charge in [0.15, 0.2) is 0 Å². The number of rotatable bonds is 6. The molecule has 0 aliphatic carbocycles. The highest BCUT2D eigenvalue weighted by atomic mass is 16.3. The first kappa shape index (κ1) is 32.7. The molecule has 10 rings (SSSR count). The van der Waals surface area contributed by atoms with Gasteiger partial charge in [-0.2, -0.15) is 10.5 Å². The van der Waals surface area contributed by atoms with E-state index in [4.69, 9.17) is 4.42 Å². The summed E-state index contributed by atoms with van der Waals surface area (Å²) in [4.78, 5) is 2.28. The number of nitrogens with zero attached hydrogens (tertiary/aromatic N) is 3. The number of para-hydroxylation sites is 1. The minimum absolute atomic E-state index is 0.672. The van der Waals surface area contributed by atoms with Crippen molar-refractivity contribution >= 4 is 60.5 Å². The fourth-order valence-corrected chi connectivity index (χ4v) is 8.03. The van der Waals surface area contributed by atoms with Crippen molar-refractivity contribution in [2.75, 3.05) is 4.90 Å². The number of hydrogen-bond donors (Lipinski definition) is 0. The summed E-state index contributed by atoms with van der Waals surface area (Å²) in [6, 6.07) is 69.3. The molecular formula is C52H31N3O. The van der Waals surface area contributed by atoms with Crippen molar-refractivity contribution in [3.63, 3.8) is 0 Å². The topological polar surface area (TPSA) is 64.0 Å². The van der Waals surface area contributed by atoms with Crippen molar-refractivity contribution < 1.29 is 4.42 Å².